The highest BCUT2D eigenvalue weighted by molar-refractivity contribution is 9.10. The summed E-state index contributed by atoms with van der Waals surface area (Å²) in [5, 5.41) is 8.86. The molecule has 1 aromatic rings. The molecule has 1 atom stereocenters. The lowest BCUT2D eigenvalue weighted by atomic mass is 10.1. The van der Waals surface area contributed by atoms with Crippen LogP contribution < -0.4 is 4.72 Å². The molecule has 110 valence electrons. The maximum absolute atomic E-state index is 12.2. The number of hydrogen-bond acceptors (Lipinski definition) is 3. The molecule has 1 aromatic carbocycles. The Morgan fingerprint density at radius 1 is 1.50 bits per heavy atom. The first kappa shape index (κ1) is 15.5. The quantitative estimate of drug-likeness (QED) is 0.814. The van der Waals surface area contributed by atoms with E-state index >= 15 is 0 Å². The number of nitrogens with one attached hydrogen (secondary N) is 1. The van der Waals surface area contributed by atoms with Gasteiger partial charge < -0.3 is 5.11 Å². The van der Waals surface area contributed by atoms with Gasteiger partial charge in [0.2, 0.25) is 10.0 Å². The minimum Gasteiger partial charge on any atom is -0.478 e. The minimum absolute atomic E-state index is 0.0437. The summed E-state index contributed by atoms with van der Waals surface area (Å²) >= 11 is 3.12. The zero-order chi connectivity index (χ0) is 14.9. The third-order valence-electron chi connectivity index (χ3n) is 3.49. The highest BCUT2D eigenvalue weighted by Crippen LogP contribution is 2.36. The number of carboxylic acid groups (broad SMARTS) is 1. The molecule has 0 heterocycles. The number of carboxylic acids is 1. The molecule has 5 nitrogen and oxygen atoms in total. The molecule has 0 aliphatic heterocycles. The van der Waals surface area contributed by atoms with Crippen molar-refractivity contribution in [1.29, 1.82) is 0 Å². The Kier molecular flexibility index (Phi) is 4.51. The fourth-order valence-corrected chi connectivity index (χ4v) is 4.22. The SMILES string of the molecule is CC(CNS(=O)(=O)c1ccc(C(=O)O)cc1Br)C1CC1. The van der Waals surface area contributed by atoms with E-state index in [1.54, 1.807) is 0 Å². The fraction of sp³-hybridized carbons (Fsp3) is 0.462. The van der Waals surface area contributed by atoms with Crippen LogP contribution in [0.2, 0.25) is 0 Å². The lowest BCUT2D eigenvalue weighted by Crippen LogP contribution is -2.29. The van der Waals surface area contributed by atoms with Crippen LogP contribution in [0.5, 0.6) is 0 Å². The molecular formula is C13H16BrNO4S. The van der Waals surface area contributed by atoms with Crippen molar-refractivity contribution < 1.29 is 18.3 Å². The molecule has 0 bridgehead atoms. The first-order chi connectivity index (χ1) is 9.31. The second kappa shape index (κ2) is 5.83. The van der Waals surface area contributed by atoms with Gasteiger partial charge in [0.15, 0.2) is 0 Å². The standard InChI is InChI=1S/C13H16BrNO4S/c1-8(9-2-3-9)7-15-20(18,19)12-5-4-10(13(16)17)6-11(12)14/h4-6,8-9,15H,2-3,7H2,1H3,(H,16,17). The summed E-state index contributed by atoms with van der Waals surface area (Å²) in [5.41, 5.74) is 0.0437. The summed E-state index contributed by atoms with van der Waals surface area (Å²) < 4.78 is 27.2. The first-order valence-electron chi connectivity index (χ1n) is 6.34. The number of hydrogen-bond donors (Lipinski definition) is 2. The Bertz CT molecular complexity index is 625. The second-order valence-electron chi connectivity index (χ2n) is 5.12. The lowest BCUT2D eigenvalue weighted by Gasteiger charge is -2.13. The molecule has 1 saturated carbocycles. The third-order valence-corrected chi connectivity index (χ3v) is 5.89. The summed E-state index contributed by atoms with van der Waals surface area (Å²) in [6.07, 6.45) is 2.33. The van der Waals surface area contributed by atoms with Gasteiger partial charge in [-0.1, -0.05) is 6.92 Å². The van der Waals surface area contributed by atoms with E-state index in [9.17, 15) is 13.2 Å². The van der Waals surface area contributed by atoms with E-state index in [1.165, 1.54) is 31.0 Å². The molecule has 0 spiro atoms. The van der Waals surface area contributed by atoms with Crippen molar-refractivity contribution in [2.45, 2.75) is 24.7 Å². The van der Waals surface area contributed by atoms with Crippen LogP contribution in [0.3, 0.4) is 0 Å². The maximum atomic E-state index is 12.2. The van der Waals surface area contributed by atoms with Crippen LogP contribution in [-0.2, 0) is 10.0 Å². The molecule has 2 N–H and O–H groups in total. The highest BCUT2D eigenvalue weighted by Gasteiger charge is 2.29. The summed E-state index contributed by atoms with van der Waals surface area (Å²) in [5.74, 6) is -0.151. The van der Waals surface area contributed by atoms with E-state index in [1.807, 2.05) is 6.92 Å². The normalized spacial score (nSPS) is 16.9. The van der Waals surface area contributed by atoms with Gasteiger partial charge in [0, 0.05) is 11.0 Å². The molecule has 0 aromatic heterocycles. The van der Waals surface area contributed by atoms with Crippen molar-refractivity contribution in [3.8, 4) is 0 Å². The number of sulfonamides is 1. The Labute approximate surface area is 126 Å². The Morgan fingerprint density at radius 2 is 2.15 bits per heavy atom. The highest BCUT2D eigenvalue weighted by atomic mass is 79.9. The van der Waals surface area contributed by atoms with Crippen molar-refractivity contribution in [2.24, 2.45) is 11.8 Å². The first-order valence-corrected chi connectivity index (χ1v) is 8.61. The van der Waals surface area contributed by atoms with Crippen molar-refractivity contribution in [3.05, 3.63) is 28.2 Å². The van der Waals surface area contributed by atoms with Crippen LogP contribution in [0.25, 0.3) is 0 Å². The van der Waals surface area contributed by atoms with E-state index in [0.29, 0.717) is 18.4 Å². The van der Waals surface area contributed by atoms with Crippen LogP contribution in [0.4, 0.5) is 0 Å². The summed E-state index contributed by atoms with van der Waals surface area (Å²) in [7, 11) is -3.62. The smallest absolute Gasteiger partial charge is 0.335 e. The van der Waals surface area contributed by atoms with Crippen LogP contribution in [0.1, 0.15) is 30.1 Å². The average molecular weight is 362 g/mol. The molecule has 7 heteroatoms. The van der Waals surface area contributed by atoms with Crippen LogP contribution in [-0.4, -0.2) is 26.0 Å². The Balaban J connectivity index is 2.14. The number of carbonyl (C=O) groups is 1. The monoisotopic (exact) mass is 361 g/mol. The van der Waals surface area contributed by atoms with Gasteiger partial charge in [-0.15, -0.1) is 0 Å². The molecular weight excluding hydrogens is 346 g/mol. The van der Waals surface area contributed by atoms with Gasteiger partial charge in [-0.25, -0.2) is 17.9 Å². The Hall–Kier alpha value is -0.920. The fourth-order valence-electron chi connectivity index (χ4n) is 2.00. The molecule has 2 rings (SSSR count). The van der Waals surface area contributed by atoms with Crippen molar-refractivity contribution in [1.82, 2.24) is 4.72 Å². The number of aromatic carboxylic acids is 1. The van der Waals surface area contributed by atoms with Gasteiger partial charge >= 0.3 is 5.97 Å². The second-order valence-corrected chi connectivity index (χ2v) is 7.71. The molecule has 1 aliphatic rings. The molecule has 1 fully saturated rings. The topological polar surface area (TPSA) is 83.5 Å². The summed E-state index contributed by atoms with van der Waals surface area (Å²) in [4.78, 5) is 10.9. The average Bonchev–Trinajstić information content (AvgIpc) is 3.19. The van der Waals surface area contributed by atoms with E-state index in [0.717, 1.165) is 0 Å². The van der Waals surface area contributed by atoms with Gasteiger partial charge in [-0.3, -0.25) is 0 Å². The van der Waals surface area contributed by atoms with Crippen LogP contribution in [0, 0.1) is 11.8 Å². The van der Waals surface area contributed by atoms with Crippen molar-refractivity contribution in [3.63, 3.8) is 0 Å². The van der Waals surface area contributed by atoms with Crippen molar-refractivity contribution >= 4 is 31.9 Å². The van der Waals surface area contributed by atoms with Gasteiger partial charge in [0.1, 0.15) is 0 Å². The lowest BCUT2D eigenvalue weighted by molar-refractivity contribution is 0.0696. The number of halogens is 1. The van der Waals surface area contributed by atoms with Crippen molar-refractivity contribution in [2.75, 3.05) is 6.54 Å². The zero-order valence-electron chi connectivity index (χ0n) is 11.0. The molecule has 1 unspecified atom stereocenters. The predicted molar refractivity (Wildman–Crippen MR) is 78.2 cm³/mol. The minimum atomic E-state index is -3.62. The molecule has 0 radical (unpaired) electrons. The van der Waals surface area contributed by atoms with Crippen LogP contribution in [0.15, 0.2) is 27.6 Å². The predicted octanol–water partition coefficient (Wildman–Crippen LogP) is 2.47. The van der Waals surface area contributed by atoms with Gasteiger partial charge in [-0.2, -0.15) is 0 Å². The Morgan fingerprint density at radius 3 is 2.65 bits per heavy atom. The molecule has 20 heavy (non-hydrogen) atoms. The van der Waals surface area contributed by atoms with Gasteiger partial charge in [0.05, 0.1) is 10.5 Å². The molecule has 0 amide bonds. The molecule has 0 saturated heterocycles. The van der Waals surface area contributed by atoms with Gasteiger partial charge in [0.25, 0.3) is 0 Å². The molecule has 1 aliphatic carbocycles. The number of rotatable bonds is 6. The van der Waals surface area contributed by atoms with Crippen LogP contribution >= 0.6 is 15.9 Å². The number of benzene rings is 1. The largest absolute Gasteiger partial charge is 0.478 e. The summed E-state index contributed by atoms with van der Waals surface area (Å²) in [6.45, 7) is 2.43. The van der Waals surface area contributed by atoms with E-state index < -0.39 is 16.0 Å². The summed E-state index contributed by atoms with van der Waals surface area (Å²) in [6, 6.07) is 3.88. The maximum Gasteiger partial charge on any atom is 0.335 e. The van der Waals surface area contributed by atoms with E-state index in [4.69, 9.17) is 5.11 Å². The van der Waals surface area contributed by atoms with E-state index in [-0.39, 0.29) is 14.9 Å². The van der Waals surface area contributed by atoms with E-state index in [2.05, 4.69) is 20.7 Å². The van der Waals surface area contributed by atoms with Gasteiger partial charge in [-0.05, 0) is 58.8 Å². The third kappa shape index (κ3) is 3.59. The zero-order valence-corrected chi connectivity index (χ0v) is 13.4.